The maximum Gasteiger partial charge on any atom is 0.331 e. The third kappa shape index (κ3) is 3.08. The van der Waals surface area contributed by atoms with Gasteiger partial charge in [0.2, 0.25) is 5.91 Å². The van der Waals surface area contributed by atoms with Crippen LogP contribution in [-0.4, -0.2) is 29.2 Å². The van der Waals surface area contributed by atoms with Crippen LogP contribution in [0.3, 0.4) is 0 Å². The lowest BCUT2D eigenvalue weighted by molar-refractivity contribution is -0.121. The van der Waals surface area contributed by atoms with Crippen LogP contribution < -0.4 is 10.6 Å². The van der Waals surface area contributed by atoms with E-state index in [0.29, 0.717) is 23.2 Å². The lowest BCUT2D eigenvalue weighted by Crippen LogP contribution is -2.40. The van der Waals surface area contributed by atoms with Crippen LogP contribution in [0, 0.1) is 0 Å². The zero-order valence-corrected chi connectivity index (χ0v) is 12.3. The van der Waals surface area contributed by atoms with E-state index in [9.17, 15) is 14.4 Å². The van der Waals surface area contributed by atoms with Gasteiger partial charge < -0.3 is 5.32 Å². The smallest absolute Gasteiger partial charge is 0.307 e. The number of amides is 4. The van der Waals surface area contributed by atoms with Gasteiger partial charge in [0.25, 0.3) is 5.91 Å². The van der Waals surface area contributed by atoms with Crippen molar-refractivity contribution in [2.24, 2.45) is 0 Å². The number of rotatable bonds is 3. The highest BCUT2D eigenvalue weighted by Crippen LogP contribution is 2.30. The molecule has 0 radical (unpaired) electrons. The molecule has 7 heteroatoms. The van der Waals surface area contributed by atoms with E-state index in [4.69, 9.17) is 0 Å². The number of imide groups is 1. The molecule has 0 spiro atoms. The van der Waals surface area contributed by atoms with E-state index in [0.717, 1.165) is 4.31 Å². The Morgan fingerprint density at radius 1 is 1.52 bits per heavy atom. The van der Waals surface area contributed by atoms with E-state index in [1.807, 2.05) is 0 Å². The monoisotopic (exact) mass is 305 g/mol. The lowest BCUT2D eigenvalue weighted by atomic mass is 9.87. The molecule has 1 aromatic rings. The average molecular weight is 305 g/mol. The summed E-state index contributed by atoms with van der Waals surface area (Å²) >= 11 is 3.88. The van der Waals surface area contributed by atoms with Crippen LogP contribution in [0.5, 0.6) is 0 Å². The Morgan fingerprint density at radius 2 is 2.24 bits per heavy atom. The van der Waals surface area contributed by atoms with E-state index in [2.05, 4.69) is 30.0 Å². The number of anilines is 1. The standard InChI is InChI=1S/C14H15N3O3S/c1-3-4-10-9-6-5-8(15-14(20)17(2)21)7-11(9)13(19)16-12(10)18/h3,5-7,10,21H,1,4H2,2H3,(H,15,20)(H,16,18,19). The van der Waals surface area contributed by atoms with Gasteiger partial charge in [0.1, 0.15) is 0 Å². The second kappa shape index (κ2) is 6.01. The third-order valence-corrected chi connectivity index (χ3v) is 3.36. The number of hydrogen-bond acceptors (Lipinski definition) is 4. The summed E-state index contributed by atoms with van der Waals surface area (Å²) in [6.07, 6.45) is 2.08. The Hall–Kier alpha value is -2.28. The summed E-state index contributed by atoms with van der Waals surface area (Å²) in [5.74, 6) is -1.24. The number of carbonyl (C=O) groups excluding carboxylic acids is 3. The number of hydrogen-bond donors (Lipinski definition) is 3. The number of nitrogens with zero attached hydrogens (tertiary/aromatic N) is 1. The molecule has 0 fully saturated rings. The van der Waals surface area contributed by atoms with Crippen LogP contribution >= 0.6 is 12.8 Å². The molecule has 1 heterocycles. The van der Waals surface area contributed by atoms with E-state index in [1.165, 1.54) is 7.05 Å². The fraction of sp³-hybridized carbons (Fsp3) is 0.214. The molecule has 2 rings (SSSR count). The molecular formula is C14H15N3O3S. The van der Waals surface area contributed by atoms with Gasteiger partial charge in [0.05, 0.1) is 5.92 Å². The van der Waals surface area contributed by atoms with Crippen molar-refractivity contribution in [2.45, 2.75) is 12.3 Å². The van der Waals surface area contributed by atoms with Crippen LogP contribution in [0.4, 0.5) is 10.5 Å². The van der Waals surface area contributed by atoms with Crippen LogP contribution in [0.25, 0.3) is 0 Å². The minimum atomic E-state index is -0.467. The van der Waals surface area contributed by atoms with Crippen molar-refractivity contribution in [3.63, 3.8) is 0 Å². The first-order chi connectivity index (χ1) is 9.93. The van der Waals surface area contributed by atoms with Crippen molar-refractivity contribution < 1.29 is 14.4 Å². The third-order valence-electron chi connectivity index (χ3n) is 3.17. The number of fused-ring (bicyclic) bond motifs is 1. The average Bonchev–Trinajstić information content (AvgIpc) is 2.43. The van der Waals surface area contributed by atoms with Crippen molar-refractivity contribution in [1.82, 2.24) is 9.62 Å². The van der Waals surface area contributed by atoms with Gasteiger partial charge in [-0.25, -0.2) is 4.79 Å². The van der Waals surface area contributed by atoms with Gasteiger partial charge in [-0.3, -0.25) is 19.2 Å². The van der Waals surface area contributed by atoms with Gasteiger partial charge in [-0.1, -0.05) is 25.0 Å². The Labute approximate surface area is 127 Å². The molecule has 0 aliphatic carbocycles. The Balaban J connectivity index is 2.36. The molecule has 1 unspecified atom stereocenters. The molecule has 0 saturated carbocycles. The summed E-state index contributed by atoms with van der Waals surface area (Å²) in [6, 6.07) is 4.44. The molecular weight excluding hydrogens is 290 g/mol. The molecule has 1 atom stereocenters. The van der Waals surface area contributed by atoms with E-state index >= 15 is 0 Å². The molecule has 0 bridgehead atoms. The minimum absolute atomic E-state index is 0.334. The highest BCUT2D eigenvalue weighted by molar-refractivity contribution is 7.78. The van der Waals surface area contributed by atoms with Gasteiger partial charge in [0.15, 0.2) is 0 Å². The fourth-order valence-electron chi connectivity index (χ4n) is 2.15. The molecule has 21 heavy (non-hydrogen) atoms. The normalized spacial score (nSPS) is 16.8. The lowest BCUT2D eigenvalue weighted by Gasteiger charge is -2.24. The maximum absolute atomic E-state index is 11.9. The van der Waals surface area contributed by atoms with E-state index in [1.54, 1.807) is 24.3 Å². The van der Waals surface area contributed by atoms with Gasteiger partial charge in [-0.2, -0.15) is 0 Å². The molecule has 1 aromatic carbocycles. The first-order valence-electron chi connectivity index (χ1n) is 6.27. The topological polar surface area (TPSA) is 78.5 Å². The van der Waals surface area contributed by atoms with Gasteiger partial charge in [-0.05, 0) is 24.1 Å². The summed E-state index contributed by atoms with van der Waals surface area (Å²) in [4.78, 5) is 35.3. The molecule has 2 N–H and O–H groups in total. The number of nitrogens with one attached hydrogen (secondary N) is 2. The Morgan fingerprint density at radius 3 is 2.86 bits per heavy atom. The number of thiol groups is 1. The zero-order valence-electron chi connectivity index (χ0n) is 11.4. The predicted molar refractivity (Wildman–Crippen MR) is 82.2 cm³/mol. The largest absolute Gasteiger partial charge is 0.331 e. The second-order valence-electron chi connectivity index (χ2n) is 4.65. The quantitative estimate of drug-likeness (QED) is 0.453. The molecule has 1 aliphatic heterocycles. The summed E-state index contributed by atoms with van der Waals surface area (Å²) in [6.45, 7) is 3.62. The number of allylic oxidation sites excluding steroid dienone is 1. The summed E-state index contributed by atoms with van der Waals surface area (Å²) in [5.41, 5.74) is 1.48. The van der Waals surface area contributed by atoms with Gasteiger partial charge in [-0.15, -0.1) is 6.58 Å². The van der Waals surface area contributed by atoms with Crippen molar-refractivity contribution in [3.05, 3.63) is 42.0 Å². The number of benzene rings is 1. The van der Waals surface area contributed by atoms with Crippen molar-refractivity contribution in [1.29, 1.82) is 0 Å². The number of carbonyl (C=O) groups is 3. The highest BCUT2D eigenvalue weighted by Gasteiger charge is 2.31. The summed E-state index contributed by atoms with van der Waals surface area (Å²) < 4.78 is 1.09. The van der Waals surface area contributed by atoms with Crippen LogP contribution in [0.15, 0.2) is 30.9 Å². The van der Waals surface area contributed by atoms with Crippen LogP contribution in [-0.2, 0) is 4.79 Å². The highest BCUT2D eigenvalue weighted by atomic mass is 32.1. The Kier molecular flexibility index (Phi) is 4.32. The molecule has 110 valence electrons. The van der Waals surface area contributed by atoms with Crippen molar-refractivity contribution >= 4 is 36.3 Å². The maximum atomic E-state index is 11.9. The first kappa shape index (κ1) is 15.1. The molecule has 0 saturated heterocycles. The fourth-order valence-corrected chi connectivity index (χ4v) is 2.20. The Bertz CT molecular complexity index is 628. The number of urea groups is 1. The predicted octanol–water partition coefficient (Wildman–Crippen LogP) is 1.92. The first-order valence-corrected chi connectivity index (χ1v) is 6.67. The van der Waals surface area contributed by atoms with Gasteiger partial charge in [0, 0.05) is 18.3 Å². The molecule has 6 nitrogen and oxygen atoms in total. The van der Waals surface area contributed by atoms with Crippen LogP contribution in [0.1, 0.15) is 28.3 Å². The zero-order chi connectivity index (χ0) is 15.6. The molecule has 0 aromatic heterocycles. The summed E-state index contributed by atoms with van der Waals surface area (Å²) in [5, 5.41) is 4.91. The van der Waals surface area contributed by atoms with E-state index < -0.39 is 17.9 Å². The van der Waals surface area contributed by atoms with Crippen molar-refractivity contribution in [3.8, 4) is 0 Å². The van der Waals surface area contributed by atoms with Gasteiger partial charge >= 0.3 is 6.03 Å². The summed E-state index contributed by atoms with van der Waals surface area (Å²) in [7, 11) is 1.49. The molecule has 4 amide bonds. The molecule has 1 aliphatic rings. The minimum Gasteiger partial charge on any atom is -0.307 e. The van der Waals surface area contributed by atoms with Crippen molar-refractivity contribution in [2.75, 3.05) is 12.4 Å². The second-order valence-corrected chi connectivity index (χ2v) is 5.25. The SMILES string of the molecule is C=CCC1C(=O)NC(=O)c2cc(NC(=O)N(C)S)ccc21. The van der Waals surface area contributed by atoms with E-state index in [-0.39, 0.29) is 5.91 Å². The van der Waals surface area contributed by atoms with Crippen LogP contribution in [0.2, 0.25) is 0 Å².